The SMILES string of the molecule is COc1ccc(C(=O)O)nc1OC1CCOC1. The predicted molar refractivity (Wildman–Crippen MR) is 57.6 cm³/mol. The molecule has 1 N–H and O–H groups in total. The number of aromatic carboxylic acids is 1. The van der Waals surface area contributed by atoms with E-state index in [4.69, 9.17) is 19.3 Å². The van der Waals surface area contributed by atoms with Crippen molar-refractivity contribution in [3.63, 3.8) is 0 Å². The van der Waals surface area contributed by atoms with Gasteiger partial charge in [0.05, 0.1) is 20.3 Å². The van der Waals surface area contributed by atoms with Crippen LogP contribution in [0.4, 0.5) is 0 Å². The Balaban J connectivity index is 2.21. The quantitative estimate of drug-likeness (QED) is 0.843. The number of methoxy groups -OCH3 is 1. The monoisotopic (exact) mass is 239 g/mol. The molecule has 0 radical (unpaired) electrons. The number of pyridine rings is 1. The maximum Gasteiger partial charge on any atom is 0.354 e. The highest BCUT2D eigenvalue weighted by atomic mass is 16.6. The van der Waals surface area contributed by atoms with Crippen LogP contribution in [0.2, 0.25) is 0 Å². The van der Waals surface area contributed by atoms with E-state index in [0.29, 0.717) is 19.0 Å². The predicted octanol–water partition coefficient (Wildman–Crippen LogP) is 0.956. The van der Waals surface area contributed by atoms with Gasteiger partial charge in [0.2, 0.25) is 0 Å². The number of carboxylic acid groups (broad SMARTS) is 1. The minimum absolute atomic E-state index is 0.0697. The molecular formula is C11H13NO5. The van der Waals surface area contributed by atoms with Crippen LogP contribution in [0.25, 0.3) is 0 Å². The lowest BCUT2D eigenvalue weighted by Crippen LogP contribution is -2.17. The van der Waals surface area contributed by atoms with Gasteiger partial charge in [-0.1, -0.05) is 0 Å². The molecule has 2 rings (SSSR count). The fraction of sp³-hybridized carbons (Fsp3) is 0.455. The zero-order valence-corrected chi connectivity index (χ0v) is 9.38. The topological polar surface area (TPSA) is 77.9 Å². The second-order valence-electron chi connectivity index (χ2n) is 3.61. The molecule has 1 unspecified atom stereocenters. The van der Waals surface area contributed by atoms with Gasteiger partial charge in [0.15, 0.2) is 11.4 Å². The lowest BCUT2D eigenvalue weighted by molar-refractivity contribution is 0.0687. The summed E-state index contributed by atoms with van der Waals surface area (Å²) in [5.74, 6) is -0.482. The van der Waals surface area contributed by atoms with Gasteiger partial charge in [0.25, 0.3) is 5.88 Å². The van der Waals surface area contributed by atoms with Gasteiger partial charge in [-0.2, -0.15) is 0 Å². The molecule has 1 aliphatic heterocycles. The van der Waals surface area contributed by atoms with E-state index < -0.39 is 5.97 Å². The van der Waals surface area contributed by atoms with E-state index in [1.807, 2.05) is 0 Å². The van der Waals surface area contributed by atoms with Crippen LogP contribution >= 0.6 is 0 Å². The van der Waals surface area contributed by atoms with Gasteiger partial charge in [0, 0.05) is 6.42 Å². The summed E-state index contributed by atoms with van der Waals surface area (Å²) in [6.45, 7) is 1.13. The van der Waals surface area contributed by atoms with Crippen LogP contribution in [-0.2, 0) is 4.74 Å². The van der Waals surface area contributed by atoms with E-state index in [1.54, 1.807) is 0 Å². The van der Waals surface area contributed by atoms with Gasteiger partial charge in [0.1, 0.15) is 6.10 Å². The Morgan fingerprint density at radius 3 is 3.00 bits per heavy atom. The van der Waals surface area contributed by atoms with E-state index in [9.17, 15) is 4.79 Å². The number of aromatic nitrogens is 1. The van der Waals surface area contributed by atoms with Crippen molar-refractivity contribution in [1.82, 2.24) is 4.98 Å². The van der Waals surface area contributed by atoms with Crippen molar-refractivity contribution in [1.29, 1.82) is 0 Å². The van der Waals surface area contributed by atoms with Crippen LogP contribution in [0.5, 0.6) is 11.6 Å². The normalized spacial score (nSPS) is 19.0. The first-order chi connectivity index (χ1) is 8.20. The molecule has 2 heterocycles. The first kappa shape index (κ1) is 11.7. The molecule has 1 atom stereocenters. The van der Waals surface area contributed by atoms with Crippen molar-refractivity contribution >= 4 is 5.97 Å². The molecule has 0 bridgehead atoms. The van der Waals surface area contributed by atoms with Crippen molar-refractivity contribution in [3.05, 3.63) is 17.8 Å². The zero-order chi connectivity index (χ0) is 12.3. The number of carbonyl (C=O) groups is 1. The molecule has 0 saturated carbocycles. The molecule has 6 nitrogen and oxygen atoms in total. The maximum absolute atomic E-state index is 10.8. The highest BCUT2D eigenvalue weighted by molar-refractivity contribution is 5.85. The minimum Gasteiger partial charge on any atom is -0.491 e. The maximum atomic E-state index is 10.8. The molecule has 17 heavy (non-hydrogen) atoms. The lowest BCUT2D eigenvalue weighted by Gasteiger charge is -2.13. The summed E-state index contributed by atoms with van der Waals surface area (Å²) in [7, 11) is 1.48. The molecule has 6 heteroatoms. The minimum atomic E-state index is -1.10. The zero-order valence-electron chi connectivity index (χ0n) is 9.38. The van der Waals surface area contributed by atoms with Gasteiger partial charge in [-0.3, -0.25) is 0 Å². The summed E-state index contributed by atoms with van der Waals surface area (Å²) >= 11 is 0. The van der Waals surface area contributed by atoms with Crippen LogP contribution in [0.15, 0.2) is 12.1 Å². The smallest absolute Gasteiger partial charge is 0.354 e. The number of hydrogen-bond donors (Lipinski definition) is 1. The second kappa shape index (κ2) is 5.01. The lowest BCUT2D eigenvalue weighted by atomic mass is 10.3. The number of nitrogens with zero attached hydrogens (tertiary/aromatic N) is 1. The van der Waals surface area contributed by atoms with Crippen LogP contribution in [-0.4, -0.2) is 42.5 Å². The molecule has 1 fully saturated rings. The molecule has 1 aliphatic rings. The van der Waals surface area contributed by atoms with Crippen LogP contribution < -0.4 is 9.47 Å². The first-order valence-electron chi connectivity index (χ1n) is 5.23. The van der Waals surface area contributed by atoms with Crippen LogP contribution in [0.3, 0.4) is 0 Å². The Hall–Kier alpha value is -1.82. The molecule has 0 amide bonds. The van der Waals surface area contributed by atoms with E-state index in [0.717, 1.165) is 6.42 Å². The fourth-order valence-electron chi connectivity index (χ4n) is 1.55. The number of hydrogen-bond acceptors (Lipinski definition) is 5. The van der Waals surface area contributed by atoms with Gasteiger partial charge < -0.3 is 19.3 Å². The highest BCUT2D eigenvalue weighted by Gasteiger charge is 2.21. The van der Waals surface area contributed by atoms with Gasteiger partial charge in [-0.25, -0.2) is 9.78 Å². The Bertz CT molecular complexity index is 414. The standard InChI is InChI=1S/C11H13NO5/c1-15-9-3-2-8(11(13)14)12-10(9)17-7-4-5-16-6-7/h2-3,7H,4-6H2,1H3,(H,13,14). The average molecular weight is 239 g/mol. The fourth-order valence-corrected chi connectivity index (χ4v) is 1.55. The van der Waals surface area contributed by atoms with Gasteiger partial charge in [-0.15, -0.1) is 0 Å². The van der Waals surface area contributed by atoms with Crippen LogP contribution in [0.1, 0.15) is 16.9 Å². The van der Waals surface area contributed by atoms with E-state index in [2.05, 4.69) is 4.98 Å². The molecule has 0 aliphatic carbocycles. The molecule has 1 aromatic rings. The number of ether oxygens (including phenoxy) is 3. The summed E-state index contributed by atoms with van der Waals surface area (Å²) in [6.07, 6.45) is 0.669. The van der Waals surface area contributed by atoms with Crippen molar-refractivity contribution in [2.45, 2.75) is 12.5 Å². The third kappa shape index (κ3) is 2.65. The Morgan fingerprint density at radius 1 is 1.59 bits per heavy atom. The summed E-state index contributed by atoms with van der Waals surface area (Å²) in [6, 6.07) is 2.90. The van der Waals surface area contributed by atoms with Gasteiger partial charge in [-0.05, 0) is 12.1 Å². The molecule has 0 aromatic carbocycles. The van der Waals surface area contributed by atoms with Crippen LogP contribution in [0, 0.1) is 0 Å². The largest absolute Gasteiger partial charge is 0.491 e. The van der Waals surface area contributed by atoms with Crippen molar-refractivity contribution in [2.75, 3.05) is 20.3 Å². The van der Waals surface area contributed by atoms with Gasteiger partial charge >= 0.3 is 5.97 Å². The third-order valence-electron chi connectivity index (χ3n) is 2.43. The number of carboxylic acids is 1. The summed E-state index contributed by atoms with van der Waals surface area (Å²) in [5.41, 5.74) is -0.0697. The molecule has 1 aromatic heterocycles. The van der Waals surface area contributed by atoms with Crippen molar-refractivity contribution < 1.29 is 24.1 Å². The molecule has 92 valence electrons. The molecular weight excluding hydrogens is 226 g/mol. The summed E-state index contributed by atoms with van der Waals surface area (Å²) in [4.78, 5) is 14.7. The van der Waals surface area contributed by atoms with E-state index >= 15 is 0 Å². The Kier molecular flexibility index (Phi) is 3.43. The molecule has 0 spiro atoms. The van der Waals surface area contributed by atoms with Crippen molar-refractivity contribution in [3.8, 4) is 11.6 Å². The molecule has 1 saturated heterocycles. The first-order valence-corrected chi connectivity index (χ1v) is 5.23. The number of rotatable bonds is 4. The summed E-state index contributed by atoms with van der Waals surface area (Å²) < 4.78 is 15.8. The highest BCUT2D eigenvalue weighted by Crippen LogP contribution is 2.26. The Morgan fingerprint density at radius 2 is 2.41 bits per heavy atom. The van der Waals surface area contributed by atoms with E-state index in [1.165, 1.54) is 19.2 Å². The Labute approximate surface area is 98.1 Å². The summed E-state index contributed by atoms with van der Waals surface area (Å²) in [5, 5.41) is 8.85. The second-order valence-corrected chi connectivity index (χ2v) is 3.61. The third-order valence-corrected chi connectivity index (χ3v) is 2.43. The van der Waals surface area contributed by atoms with Crippen molar-refractivity contribution in [2.24, 2.45) is 0 Å². The van der Waals surface area contributed by atoms with E-state index in [-0.39, 0.29) is 17.7 Å². The average Bonchev–Trinajstić information content (AvgIpc) is 2.81.